The number of likely N-dealkylation sites (tertiary alicyclic amines) is 1. The molecule has 1 amide bonds. The summed E-state index contributed by atoms with van der Waals surface area (Å²) >= 11 is 1.48. The number of alkyl carbamates (subject to hydrolysis) is 1. The second-order valence-electron chi connectivity index (χ2n) is 8.08. The number of amides is 1. The molecule has 0 saturated carbocycles. The average Bonchev–Trinajstić information content (AvgIpc) is 2.94. The van der Waals surface area contributed by atoms with Crippen LogP contribution in [0, 0.1) is 6.92 Å². The molecule has 2 aromatic heterocycles. The van der Waals surface area contributed by atoms with Crippen molar-refractivity contribution < 1.29 is 9.53 Å². The van der Waals surface area contributed by atoms with Gasteiger partial charge in [0.1, 0.15) is 5.60 Å². The van der Waals surface area contributed by atoms with Gasteiger partial charge in [-0.15, -0.1) is 11.3 Å². The summed E-state index contributed by atoms with van der Waals surface area (Å²) in [5, 5.41) is 4.83. The Morgan fingerprint density at radius 1 is 1.41 bits per heavy atom. The van der Waals surface area contributed by atoms with Gasteiger partial charge in [0.2, 0.25) is 0 Å². The van der Waals surface area contributed by atoms with Gasteiger partial charge in [-0.1, -0.05) is 6.42 Å². The van der Waals surface area contributed by atoms with Gasteiger partial charge in [0, 0.05) is 36.3 Å². The minimum atomic E-state index is -0.503. The predicted molar refractivity (Wildman–Crippen MR) is 106 cm³/mol. The maximum atomic E-state index is 12.4. The number of piperidine rings is 1. The lowest BCUT2D eigenvalue weighted by atomic mass is 10.0. The Hall–Kier alpha value is -1.93. The van der Waals surface area contributed by atoms with Crippen molar-refractivity contribution in [3.8, 4) is 0 Å². The monoisotopic (exact) mass is 392 g/mol. The Kier molecular flexibility index (Phi) is 5.86. The van der Waals surface area contributed by atoms with Crippen LogP contribution in [0.15, 0.2) is 16.2 Å². The molecule has 1 N–H and O–H groups in total. The SMILES string of the molecule is Cc1csc2nc(CN3CCCCC3CNC(=O)OC(C)(C)C)cc(=O)n12. The number of rotatable bonds is 4. The van der Waals surface area contributed by atoms with E-state index in [4.69, 9.17) is 4.74 Å². The lowest BCUT2D eigenvalue weighted by Crippen LogP contribution is -2.47. The second-order valence-corrected chi connectivity index (χ2v) is 8.92. The zero-order chi connectivity index (χ0) is 19.6. The van der Waals surface area contributed by atoms with E-state index in [9.17, 15) is 9.59 Å². The fraction of sp³-hybridized carbons (Fsp3) is 0.632. The quantitative estimate of drug-likeness (QED) is 0.866. The number of ether oxygens (including phenoxy) is 1. The van der Waals surface area contributed by atoms with E-state index in [0.29, 0.717) is 13.1 Å². The third kappa shape index (κ3) is 5.07. The van der Waals surface area contributed by atoms with E-state index >= 15 is 0 Å². The Labute approximate surface area is 163 Å². The molecule has 1 saturated heterocycles. The van der Waals surface area contributed by atoms with Crippen molar-refractivity contribution >= 4 is 22.4 Å². The molecule has 1 fully saturated rings. The minimum Gasteiger partial charge on any atom is -0.444 e. The highest BCUT2D eigenvalue weighted by Gasteiger charge is 2.25. The van der Waals surface area contributed by atoms with Gasteiger partial charge < -0.3 is 10.1 Å². The Morgan fingerprint density at radius 3 is 2.93 bits per heavy atom. The van der Waals surface area contributed by atoms with Crippen molar-refractivity contribution in [2.75, 3.05) is 13.1 Å². The summed E-state index contributed by atoms with van der Waals surface area (Å²) in [6.07, 6.45) is 2.87. The second kappa shape index (κ2) is 7.98. The first kappa shape index (κ1) is 19.8. The largest absolute Gasteiger partial charge is 0.444 e. The van der Waals surface area contributed by atoms with Gasteiger partial charge in [-0.3, -0.25) is 14.1 Å². The van der Waals surface area contributed by atoms with Gasteiger partial charge in [0.25, 0.3) is 5.56 Å². The first-order valence-electron chi connectivity index (χ1n) is 9.40. The molecule has 2 aromatic rings. The average molecular weight is 393 g/mol. The molecule has 7 nitrogen and oxygen atoms in total. The molecule has 0 aliphatic carbocycles. The van der Waals surface area contributed by atoms with Crippen molar-refractivity contribution in [1.29, 1.82) is 0 Å². The number of aromatic nitrogens is 2. The molecule has 1 aliphatic rings. The van der Waals surface area contributed by atoms with E-state index in [1.165, 1.54) is 11.3 Å². The molecule has 1 unspecified atom stereocenters. The zero-order valence-corrected chi connectivity index (χ0v) is 17.3. The van der Waals surface area contributed by atoms with Gasteiger partial charge >= 0.3 is 6.09 Å². The first-order chi connectivity index (χ1) is 12.7. The van der Waals surface area contributed by atoms with Gasteiger partial charge in [0.15, 0.2) is 4.96 Å². The number of hydrogen-bond acceptors (Lipinski definition) is 6. The predicted octanol–water partition coefficient (Wildman–Crippen LogP) is 2.94. The Morgan fingerprint density at radius 2 is 2.19 bits per heavy atom. The number of hydrogen-bond donors (Lipinski definition) is 1. The van der Waals surface area contributed by atoms with E-state index in [2.05, 4.69) is 15.2 Å². The van der Waals surface area contributed by atoms with Crippen LogP contribution in [0.5, 0.6) is 0 Å². The number of nitrogens with one attached hydrogen (secondary N) is 1. The third-order valence-corrected chi connectivity index (χ3v) is 5.57. The van der Waals surface area contributed by atoms with Crippen molar-refractivity contribution in [2.45, 2.75) is 65.1 Å². The van der Waals surface area contributed by atoms with Crippen LogP contribution in [0.1, 0.15) is 51.4 Å². The molecule has 0 bridgehead atoms. The Bertz CT molecular complexity index is 868. The number of aryl methyl sites for hydroxylation is 1. The maximum Gasteiger partial charge on any atom is 0.407 e. The first-order valence-corrected chi connectivity index (χ1v) is 10.3. The van der Waals surface area contributed by atoms with Crippen molar-refractivity contribution in [1.82, 2.24) is 19.6 Å². The summed E-state index contributed by atoms with van der Waals surface area (Å²) in [6.45, 7) is 9.56. The fourth-order valence-electron chi connectivity index (χ4n) is 3.40. The summed E-state index contributed by atoms with van der Waals surface area (Å²) < 4.78 is 6.97. The summed E-state index contributed by atoms with van der Waals surface area (Å²) in [5.74, 6) is 0. The highest BCUT2D eigenvalue weighted by atomic mass is 32.1. The van der Waals surface area contributed by atoms with Gasteiger partial charge in [-0.2, -0.15) is 0 Å². The molecule has 0 aromatic carbocycles. The van der Waals surface area contributed by atoms with Crippen LogP contribution in [0.2, 0.25) is 0 Å². The third-order valence-electron chi connectivity index (χ3n) is 4.62. The topological polar surface area (TPSA) is 75.9 Å². The van der Waals surface area contributed by atoms with Crippen LogP contribution < -0.4 is 10.9 Å². The smallest absolute Gasteiger partial charge is 0.407 e. The molecule has 3 heterocycles. The Balaban J connectivity index is 1.67. The molecule has 148 valence electrons. The molecule has 8 heteroatoms. The number of thiazole rings is 1. The minimum absolute atomic E-state index is 0.0332. The van der Waals surface area contributed by atoms with Crippen LogP contribution in [0.3, 0.4) is 0 Å². The van der Waals surface area contributed by atoms with Crippen LogP contribution in [0.25, 0.3) is 4.96 Å². The molecular weight excluding hydrogens is 364 g/mol. The van der Waals surface area contributed by atoms with Crippen LogP contribution >= 0.6 is 11.3 Å². The molecule has 3 rings (SSSR count). The molecule has 0 radical (unpaired) electrons. The van der Waals surface area contributed by atoms with Crippen molar-refractivity contribution in [3.63, 3.8) is 0 Å². The van der Waals surface area contributed by atoms with Gasteiger partial charge in [0.05, 0.1) is 5.69 Å². The normalized spacial score (nSPS) is 18.6. The zero-order valence-electron chi connectivity index (χ0n) is 16.4. The highest BCUT2D eigenvalue weighted by Crippen LogP contribution is 2.20. The highest BCUT2D eigenvalue weighted by molar-refractivity contribution is 7.15. The molecular formula is C19H28N4O3S. The number of fused-ring (bicyclic) bond motifs is 1. The lowest BCUT2D eigenvalue weighted by molar-refractivity contribution is 0.0491. The van der Waals surface area contributed by atoms with E-state index in [1.54, 1.807) is 10.5 Å². The lowest BCUT2D eigenvalue weighted by Gasteiger charge is -2.35. The van der Waals surface area contributed by atoms with Crippen molar-refractivity contribution in [3.05, 3.63) is 33.2 Å². The number of carbonyl (C=O) groups excluding carboxylic acids is 1. The van der Waals surface area contributed by atoms with Gasteiger partial charge in [-0.05, 0) is 47.1 Å². The van der Waals surface area contributed by atoms with E-state index in [-0.39, 0.29) is 17.7 Å². The molecule has 0 spiro atoms. The van der Waals surface area contributed by atoms with E-state index in [0.717, 1.165) is 42.2 Å². The van der Waals surface area contributed by atoms with Crippen molar-refractivity contribution in [2.24, 2.45) is 0 Å². The van der Waals surface area contributed by atoms with E-state index < -0.39 is 5.60 Å². The number of nitrogens with zero attached hydrogens (tertiary/aromatic N) is 3. The van der Waals surface area contributed by atoms with Crippen LogP contribution in [0.4, 0.5) is 4.79 Å². The molecule has 27 heavy (non-hydrogen) atoms. The summed E-state index contributed by atoms with van der Waals surface area (Å²) in [5.41, 5.74) is 1.16. The van der Waals surface area contributed by atoms with Crippen LogP contribution in [-0.4, -0.2) is 45.1 Å². The fourth-order valence-corrected chi connectivity index (χ4v) is 4.30. The standard InChI is InChI=1S/C19H28N4O3S/c1-13-12-27-17-21-14(9-16(24)23(13)17)11-22-8-6-5-7-15(22)10-20-18(25)26-19(2,3)4/h9,12,15H,5-8,10-11H2,1-4H3,(H,20,25). The molecule has 1 atom stereocenters. The maximum absolute atomic E-state index is 12.4. The van der Waals surface area contributed by atoms with Gasteiger partial charge in [-0.25, -0.2) is 9.78 Å². The molecule has 1 aliphatic heterocycles. The van der Waals surface area contributed by atoms with E-state index in [1.807, 2.05) is 33.1 Å². The summed E-state index contributed by atoms with van der Waals surface area (Å²) in [6, 6.07) is 1.84. The van der Waals surface area contributed by atoms with Crippen LogP contribution in [-0.2, 0) is 11.3 Å². The summed E-state index contributed by atoms with van der Waals surface area (Å²) in [7, 11) is 0. The number of carbonyl (C=O) groups is 1. The summed E-state index contributed by atoms with van der Waals surface area (Å²) in [4.78, 5) is 32.0.